The molecule has 0 radical (unpaired) electrons. The second-order valence-electron chi connectivity index (χ2n) is 6.97. The molecule has 7 heteroatoms. The lowest BCUT2D eigenvalue weighted by atomic mass is 10.1. The number of hydrogen-bond donors (Lipinski definition) is 2. The van der Waals surface area contributed by atoms with Crippen LogP contribution in [0.1, 0.15) is 35.2 Å². The first-order valence-electron chi connectivity index (χ1n) is 9.90. The van der Waals surface area contributed by atoms with E-state index in [2.05, 4.69) is 10.6 Å². The zero-order valence-electron chi connectivity index (χ0n) is 16.3. The summed E-state index contributed by atoms with van der Waals surface area (Å²) in [4.78, 5) is 15.8. The van der Waals surface area contributed by atoms with Crippen molar-refractivity contribution in [1.82, 2.24) is 15.5 Å². The number of hydrogen-bond acceptors (Lipinski definition) is 3. The average Bonchev–Trinajstić information content (AvgIpc) is 2.77. The van der Waals surface area contributed by atoms with E-state index in [1.807, 2.05) is 53.4 Å². The van der Waals surface area contributed by atoms with Gasteiger partial charge in [0.15, 0.2) is 5.11 Å². The first-order valence-corrected chi connectivity index (χ1v) is 11.7. The molecule has 2 aromatic carbocycles. The van der Waals surface area contributed by atoms with Crippen LogP contribution in [0.2, 0.25) is 5.02 Å². The third kappa shape index (κ3) is 7.21. The van der Waals surface area contributed by atoms with Crippen molar-refractivity contribution in [2.45, 2.75) is 30.7 Å². The van der Waals surface area contributed by atoms with E-state index in [1.165, 1.54) is 11.3 Å². The maximum Gasteiger partial charge on any atom is 0.253 e. The first kappa shape index (κ1) is 21.9. The molecule has 0 spiro atoms. The van der Waals surface area contributed by atoms with Crippen molar-refractivity contribution in [2.24, 2.45) is 0 Å². The van der Waals surface area contributed by atoms with Gasteiger partial charge in [-0.15, -0.1) is 11.8 Å². The Labute approximate surface area is 187 Å². The minimum atomic E-state index is 0.131. The second kappa shape index (κ2) is 11.4. The van der Waals surface area contributed by atoms with E-state index in [0.717, 1.165) is 54.4 Å². The van der Waals surface area contributed by atoms with Gasteiger partial charge >= 0.3 is 0 Å². The Morgan fingerprint density at radius 1 is 1.07 bits per heavy atom. The van der Waals surface area contributed by atoms with E-state index in [-0.39, 0.29) is 5.91 Å². The maximum absolute atomic E-state index is 12.7. The minimum Gasteiger partial charge on any atom is -0.362 e. The lowest BCUT2D eigenvalue weighted by Crippen LogP contribution is -2.36. The number of piperidine rings is 1. The minimum absolute atomic E-state index is 0.131. The predicted octanol–water partition coefficient (Wildman–Crippen LogP) is 4.72. The Bertz CT molecular complexity index is 823. The van der Waals surface area contributed by atoms with Gasteiger partial charge in [0.1, 0.15) is 0 Å². The number of likely N-dealkylation sites (tertiary alicyclic amines) is 1. The molecule has 1 amide bonds. The molecular formula is C22H26ClN3OS2. The largest absolute Gasteiger partial charge is 0.362 e. The Kier molecular flexibility index (Phi) is 8.65. The van der Waals surface area contributed by atoms with Gasteiger partial charge in [-0.1, -0.05) is 23.7 Å². The summed E-state index contributed by atoms with van der Waals surface area (Å²) in [5, 5.41) is 7.81. The quantitative estimate of drug-likeness (QED) is 0.365. The van der Waals surface area contributed by atoms with Crippen LogP contribution in [0.5, 0.6) is 0 Å². The molecular weight excluding hydrogens is 422 g/mol. The summed E-state index contributed by atoms with van der Waals surface area (Å²) in [6.07, 6.45) is 3.42. The molecule has 0 atom stereocenters. The van der Waals surface area contributed by atoms with Crippen LogP contribution in [0.4, 0.5) is 0 Å². The summed E-state index contributed by atoms with van der Waals surface area (Å²) in [5.41, 5.74) is 1.80. The molecule has 29 heavy (non-hydrogen) atoms. The Morgan fingerprint density at radius 2 is 1.83 bits per heavy atom. The molecule has 3 rings (SSSR count). The van der Waals surface area contributed by atoms with Gasteiger partial charge in [-0.25, -0.2) is 0 Å². The number of carbonyl (C=O) groups is 1. The van der Waals surface area contributed by atoms with Gasteiger partial charge in [-0.05, 0) is 73.4 Å². The number of thiocarbonyl (C=S) groups is 1. The van der Waals surface area contributed by atoms with Crippen molar-refractivity contribution >= 4 is 46.6 Å². The molecule has 0 aromatic heterocycles. The van der Waals surface area contributed by atoms with Crippen LogP contribution in [-0.2, 0) is 6.54 Å². The molecule has 1 aliphatic rings. The summed E-state index contributed by atoms with van der Waals surface area (Å²) >= 11 is 13.0. The van der Waals surface area contributed by atoms with Gasteiger partial charge in [-0.2, -0.15) is 0 Å². The predicted molar refractivity (Wildman–Crippen MR) is 126 cm³/mol. The van der Waals surface area contributed by atoms with Crippen LogP contribution < -0.4 is 10.6 Å². The monoisotopic (exact) mass is 447 g/mol. The van der Waals surface area contributed by atoms with Crippen molar-refractivity contribution < 1.29 is 4.79 Å². The van der Waals surface area contributed by atoms with Gasteiger partial charge in [0.05, 0.1) is 0 Å². The van der Waals surface area contributed by atoms with Gasteiger partial charge in [0.2, 0.25) is 0 Å². The van der Waals surface area contributed by atoms with Crippen molar-refractivity contribution in [3.05, 3.63) is 64.7 Å². The molecule has 0 bridgehead atoms. The van der Waals surface area contributed by atoms with Crippen LogP contribution in [0.15, 0.2) is 53.4 Å². The lowest BCUT2D eigenvalue weighted by molar-refractivity contribution is 0.0724. The molecule has 2 aromatic rings. The molecule has 1 aliphatic heterocycles. The average molecular weight is 448 g/mol. The number of benzene rings is 2. The Morgan fingerprint density at radius 3 is 2.59 bits per heavy atom. The van der Waals surface area contributed by atoms with E-state index in [0.29, 0.717) is 11.7 Å². The van der Waals surface area contributed by atoms with E-state index < -0.39 is 0 Å². The van der Waals surface area contributed by atoms with Crippen LogP contribution in [-0.4, -0.2) is 41.3 Å². The lowest BCUT2D eigenvalue weighted by Gasteiger charge is -2.26. The zero-order valence-corrected chi connectivity index (χ0v) is 18.7. The fraction of sp³-hybridized carbons (Fsp3) is 0.364. The number of nitrogens with zero attached hydrogens (tertiary/aromatic N) is 1. The van der Waals surface area contributed by atoms with Crippen LogP contribution in [0.25, 0.3) is 0 Å². The highest BCUT2D eigenvalue weighted by Gasteiger charge is 2.18. The molecule has 4 nitrogen and oxygen atoms in total. The fourth-order valence-corrected chi connectivity index (χ4v) is 4.27. The Balaban J connectivity index is 1.39. The second-order valence-corrected chi connectivity index (χ2v) is 8.98. The molecule has 154 valence electrons. The third-order valence-corrected chi connectivity index (χ3v) is 6.29. The van der Waals surface area contributed by atoms with E-state index in [1.54, 1.807) is 11.8 Å². The summed E-state index contributed by atoms with van der Waals surface area (Å²) in [7, 11) is 0. The van der Waals surface area contributed by atoms with Crippen molar-refractivity contribution in [3.8, 4) is 0 Å². The highest BCUT2D eigenvalue weighted by molar-refractivity contribution is 7.99. The zero-order chi connectivity index (χ0) is 20.5. The number of rotatable bonds is 7. The van der Waals surface area contributed by atoms with Gasteiger partial charge in [0, 0.05) is 47.4 Å². The number of thioether (sulfide) groups is 1. The summed E-state index contributed by atoms with van der Waals surface area (Å²) in [6, 6.07) is 15.6. The normalized spacial score (nSPS) is 13.8. The fourth-order valence-electron chi connectivity index (χ4n) is 3.20. The first-order chi connectivity index (χ1) is 14.1. The number of carbonyl (C=O) groups excluding carboxylic acids is 1. The van der Waals surface area contributed by atoms with Crippen LogP contribution in [0.3, 0.4) is 0 Å². The maximum atomic E-state index is 12.7. The van der Waals surface area contributed by atoms with E-state index >= 15 is 0 Å². The molecule has 0 saturated carbocycles. The highest BCUT2D eigenvalue weighted by Crippen LogP contribution is 2.19. The van der Waals surface area contributed by atoms with Gasteiger partial charge in [-0.3, -0.25) is 4.79 Å². The third-order valence-electron chi connectivity index (χ3n) is 4.74. The van der Waals surface area contributed by atoms with Crippen LogP contribution in [0, 0.1) is 0 Å². The Hall–Kier alpha value is -1.76. The summed E-state index contributed by atoms with van der Waals surface area (Å²) in [5.74, 6) is 1.04. The molecule has 1 fully saturated rings. The summed E-state index contributed by atoms with van der Waals surface area (Å²) in [6.45, 7) is 3.09. The number of halogens is 1. The number of amides is 1. The topological polar surface area (TPSA) is 44.4 Å². The molecule has 1 saturated heterocycles. The summed E-state index contributed by atoms with van der Waals surface area (Å²) < 4.78 is 0. The molecule has 1 heterocycles. The molecule has 0 aliphatic carbocycles. The highest BCUT2D eigenvalue weighted by atomic mass is 35.5. The van der Waals surface area contributed by atoms with Crippen molar-refractivity contribution in [2.75, 3.05) is 25.4 Å². The van der Waals surface area contributed by atoms with Crippen LogP contribution >= 0.6 is 35.6 Å². The van der Waals surface area contributed by atoms with Crippen molar-refractivity contribution in [1.29, 1.82) is 0 Å². The molecule has 0 unspecified atom stereocenters. The number of nitrogens with one attached hydrogen (secondary N) is 2. The van der Waals surface area contributed by atoms with Gasteiger partial charge < -0.3 is 15.5 Å². The van der Waals surface area contributed by atoms with E-state index in [4.69, 9.17) is 23.8 Å². The van der Waals surface area contributed by atoms with Gasteiger partial charge in [0.25, 0.3) is 5.91 Å². The SMILES string of the molecule is O=C(c1cccc(CNC(=S)NCCSc2ccc(Cl)cc2)c1)N1CCCCC1. The smallest absolute Gasteiger partial charge is 0.253 e. The standard InChI is InChI=1S/C22H26ClN3OS2/c23-19-7-9-20(10-8-19)29-14-11-24-22(28)25-16-17-5-4-6-18(15-17)21(27)26-12-2-1-3-13-26/h4-10,15H,1-3,11-14,16H2,(H2,24,25,28). The molecule has 2 N–H and O–H groups in total. The van der Waals surface area contributed by atoms with Crippen molar-refractivity contribution in [3.63, 3.8) is 0 Å². The van der Waals surface area contributed by atoms with E-state index in [9.17, 15) is 4.79 Å².